The fourth-order valence-electron chi connectivity index (χ4n) is 2.78. The van der Waals surface area contributed by atoms with Crippen molar-refractivity contribution in [1.29, 1.82) is 0 Å². The maximum atomic E-state index is 12.6. The minimum Gasteiger partial charge on any atom is -0.389 e. The highest BCUT2D eigenvalue weighted by atomic mass is 32.1. The van der Waals surface area contributed by atoms with Gasteiger partial charge in [-0.1, -0.05) is 31.3 Å². The van der Waals surface area contributed by atoms with Gasteiger partial charge in [-0.25, -0.2) is 0 Å². The quantitative estimate of drug-likeness (QED) is 0.854. The van der Waals surface area contributed by atoms with Gasteiger partial charge in [-0.2, -0.15) is 0 Å². The molecule has 1 aliphatic rings. The average molecular weight is 291 g/mol. The second-order valence-corrected chi connectivity index (χ2v) is 6.10. The summed E-state index contributed by atoms with van der Waals surface area (Å²) in [5, 5.41) is 0. The van der Waals surface area contributed by atoms with Crippen LogP contribution in [0.3, 0.4) is 0 Å². The van der Waals surface area contributed by atoms with Crippen LogP contribution >= 0.6 is 12.2 Å². The van der Waals surface area contributed by atoms with Gasteiger partial charge in [-0.05, 0) is 32.1 Å². The van der Waals surface area contributed by atoms with Gasteiger partial charge in [0.25, 0.3) is 5.91 Å². The first-order chi connectivity index (χ1) is 9.40. The van der Waals surface area contributed by atoms with Gasteiger partial charge in [0.2, 0.25) is 0 Å². The van der Waals surface area contributed by atoms with Crippen LogP contribution in [0, 0.1) is 5.92 Å². The smallest absolute Gasteiger partial charge is 0.253 e. The molecule has 1 saturated heterocycles. The fraction of sp³-hybridized carbons (Fsp3) is 0.467. The Morgan fingerprint density at radius 2 is 2.00 bits per heavy atom. The number of hydrogen-bond acceptors (Lipinski definition) is 3. The van der Waals surface area contributed by atoms with Crippen LogP contribution in [-0.2, 0) is 0 Å². The molecular formula is C15H21N3OS. The van der Waals surface area contributed by atoms with Crippen molar-refractivity contribution < 1.29 is 4.79 Å². The number of carbonyl (C=O) groups is 1. The third-order valence-electron chi connectivity index (χ3n) is 3.92. The van der Waals surface area contributed by atoms with Crippen LogP contribution in [-0.4, -0.2) is 53.9 Å². The highest BCUT2D eigenvalue weighted by Crippen LogP contribution is 2.22. The number of thiocarbonyl (C=S) groups is 1. The Morgan fingerprint density at radius 1 is 1.35 bits per heavy atom. The van der Waals surface area contributed by atoms with Crippen molar-refractivity contribution >= 4 is 23.1 Å². The monoisotopic (exact) mass is 291 g/mol. The average Bonchev–Trinajstić information content (AvgIpc) is 2.80. The highest BCUT2D eigenvalue weighted by Gasteiger charge is 2.33. The predicted octanol–water partition coefficient (Wildman–Crippen LogP) is 1.34. The van der Waals surface area contributed by atoms with Crippen LogP contribution in [0.5, 0.6) is 0 Å². The number of carbonyl (C=O) groups excluding carboxylic acids is 1. The van der Waals surface area contributed by atoms with E-state index in [2.05, 4.69) is 25.9 Å². The number of amides is 1. The first-order valence-electron chi connectivity index (χ1n) is 6.75. The summed E-state index contributed by atoms with van der Waals surface area (Å²) in [6.07, 6.45) is 0. The zero-order chi connectivity index (χ0) is 14.9. The Hall–Kier alpha value is -1.46. The summed E-state index contributed by atoms with van der Waals surface area (Å²) in [6, 6.07) is 7.66. The van der Waals surface area contributed by atoms with Crippen LogP contribution in [0.25, 0.3) is 0 Å². The standard InChI is InChI=1S/C15H21N3OS/c1-10-8-18(9-13(10)17(2)3)15(19)12-6-4-5-11(7-12)14(16)20/h4-7,10,13H,8-9H2,1-3H3,(H2,16,20). The van der Waals surface area contributed by atoms with Gasteiger partial charge in [0.05, 0.1) is 0 Å². The lowest BCUT2D eigenvalue weighted by Crippen LogP contribution is -2.35. The molecule has 5 heteroatoms. The molecule has 0 aromatic heterocycles. The van der Waals surface area contributed by atoms with E-state index < -0.39 is 0 Å². The third kappa shape index (κ3) is 2.99. The van der Waals surface area contributed by atoms with E-state index in [0.717, 1.165) is 18.7 Å². The topological polar surface area (TPSA) is 49.6 Å². The Bertz CT molecular complexity index is 530. The molecule has 1 heterocycles. The van der Waals surface area contributed by atoms with Crippen molar-refractivity contribution in [3.63, 3.8) is 0 Å². The van der Waals surface area contributed by atoms with Gasteiger partial charge in [0.1, 0.15) is 4.99 Å². The van der Waals surface area contributed by atoms with Crippen molar-refractivity contribution in [2.45, 2.75) is 13.0 Å². The Kier molecular flexibility index (Phi) is 4.40. The molecule has 0 radical (unpaired) electrons. The van der Waals surface area contributed by atoms with Crippen LogP contribution in [0.4, 0.5) is 0 Å². The number of benzene rings is 1. The van der Waals surface area contributed by atoms with Crippen molar-refractivity contribution in [3.8, 4) is 0 Å². The normalized spacial score (nSPS) is 22.3. The first-order valence-corrected chi connectivity index (χ1v) is 7.16. The van der Waals surface area contributed by atoms with Crippen LogP contribution in [0.2, 0.25) is 0 Å². The summed E-state index contributed by atoms with van der Waals surface area (Å²) in [4.78, 5) is 17.0. The van der Waals surface area contributed by atoms with E-state index >= 15 is 0 Å². The van der Waals surface area contributed by atoms with E-state index in [-0.39, 0.29) is 5.91 Å². The molecule has 2 atom stereocenters. The number of nitrogens with two attached hydrogens (primary N) is 1. The molecule has 0 bridgehead atoms. The van der Waals surface area contributed by atoms with Gasteiger partial charge in [0, 0.05) is 30.3 Å². The Morgan fingerprint density at radius 3 is 2.55 bits per heavy atom. The number of likely N-dealkylation sites (tertiary alicyclic amines) is 1. The highest BCUT2D eigenvalue weighted by molar-refractivity contribution is 7.80. The Balaban J connectivity index is 2.16. The molecule has 0 spiro atoms. The van der Waals surface area contributed by atoms with Crippen LogP contribution < -0.4 is 5.73 Å². The van der Waals surface area contributed by atoms with E-state index in [0.29, 0.717) is 22.5 Å². The zero-order valence-corrected chi connectivity index (χ0v) is 13.0. The molecule has 1 aromatic rings. The largest absolute Gasteiger partial charge is 0.389 e. The van der Waals surface area contributed by atoms with Crippen molar-refractivity contribution in [3.05, 3.63) is 35.4 Å². The molecule has 1 aliphatic heterocycles. The molecule has 1 amide bonds. The van der Waals surface area contributed by atoms with Crippen molar-refractivity contribution in [1.82, 2.24) is 9.80 Å². The lowest BCUT2D eigenvalue weighted by Gasteiger charge is -2.22. The first kappa shape index (κ1) is 14.9. The molecule has 2 unspecified atom stereocenters. The van der Waals surface area contributed by atoms with E-state index in [9.17, 15) is 4.79 Å². The van der Waals surface area contributed by atoms with E-state index in [1.54, 1.807) is 6.07 Å². The van der Waals surface area contributed by atoms with Gasteiger partial charge < -0.3 is 15.5 Å². The Labute approximate surface area is 125 Å². The fourth-order valence-corrected chi connectivity index (χ4v) is 2.90. The van der Waals surface area contributed by atoms with E-state index in [4.69, 9.17) is 18.0 Å². The lowest BCUT2D eigenvalue weighted by atomic mass is 10.1. The molecule has 20 heavy (non-hydrogen) atoms. The number of nitrogens with zero attached hydrogens (tertiary/aromatic N) is 2. The molecule has 1 aromatic carbocycles. The van der Waals surface area contributed by atoms with Gasteiger partial charge in [0.15, 0.2) is 0 Å². The summed E-state index contributed by atoms with van der Waals surface area (Å²) >= 11 is 4.96. The van der Waals surface area contributed by atoms with Gasteiger partial charge >= 0.3 is 0 Å². The third-order valence-corrected chi connectivity index (χ3v) is 4.15. The van der Waals surface area contributed by atoms with Gasteiger partial charge in [-0.3, -0.25) is 4.79 Å². The molecule has 1 fully saturated rings. The maximum Gasteiger partial charge on any atom is 0.253 e. The van der Waals surface area contributed by atoms with Gasteiger partial charge in [-0.15, -0.1) is 0 Å². The molecule has 2 rings (SSSR count). The summed E-state index contributed by atoms with van der Waals surface area (Å²) < 4.78 is 0. The SMILES string of the molecule is CC1CN(C(=O)c2cccc(C(N)=S)c2)CC1N(C)C. The lowest BCUT2D eigenvalue weighted by molar-refractivity contribution is 0.0781. The number of likely N-dealkylation sites (N-methyl/N-ethyl adjacent to an activating group) is 1. The molecule has 4 nitrogen and oxygen atoms in total. The second kappa shape index (κ2) is 5.89. The van der Waals surface area contributed by atoms with E-state index in [1.165, 1.54) is 0 Å². The summed E-state index contributed by atoms with van der Waals surface area (Å²) in [5.41, 5.74) is 7.01. The zero-order valence-electron chi connectivity index (χ0n) is 12.2. The summed E-state index contributed by atoms with van der Waals surface area (Å²) in [7, 11) is 4.12. The predicted molar refractivity (Wildman–Crippen MR) is 84.9 cm³/mol. The molecular weight excluding hydrogens is 270 g/mol. The number of rotatable bonds is 3. The van der Waals surface area contributed by atoms with Crippen molar-refractivity contribution in [2.24, 2.45) is 11.7 Å². The van der Waals surface area contributed by atoms with Crippen molar-refractivity contribution in [2.75, 3.05) is 27.2 Å². The van der Waals surface area contributed by atoms with Crippen LogP contribution in [0.1, 0.15) is 22.8 Å². The molecule has 2 N–H and O–H groups in total. The maximum absolute atomic E-state index is 12.6. The molecule has 0 aliphatic carbocycles. The van der Waals surface area contributed by atoms with E-state index in [1.807, 2.05) is 23.1 Å². The minimum absolute atomic E-state index is 0.0549. The summed E-state index contributed by atoms with van der Waals surface area (Å²) in [6.45, 7) is 3.74. The summed E-state index contributed by atoms with van der Waals surface area (Å²) in [5.74, 6) is 0.534. The second-order valence-electron chi connectivity index (χ2n) is 5.66. The number of hydrogen-bond donors (Lipinski definition) is 1. The minimum atomic E-state index is 0.0549. The van der Waals surface area contributed by atoms with Crippen LogP contribution in [0.15, 0.2) is 24.3 Å². The molecule has 108 valence electrons. The molecule has 0 saturated carbocycles.